The number of hydrogen-bond donors (Lipinski definition) is 0. The van der Waals surface area contributed by atoms with Gasteiger partial charge in [0.05, 0.1) is 0 Å². The van der Waals surface area contributed by atoms with Gasteiger partial charge in [0, 0.05) is 11.1 Å². The molecule has 88 valence electrons. The van der Waals surface area contributed by atoms with E-state index in [-0.39, 0.29) is 0 Å². The first kappa shape index (κ1) is 10.9. The molecule has 0 N–H and O–H groups in total. The first-order valence-corrected chi connectivity index (χ1v) is 6.02. The standard InChI is InChI=1S/C16H12O2/c17-15-13-7-3-1-5-11(13)9-10-12-6-2-4-8-14(12)16(15)18/h1-8H,9-10H2. The summed E-state index contributed by atoms with van der Waals surface area (Å²) in [5, 5.41) is 0. The number of ketones is 2. The fourth-order valence-electron chi connectivity index (χ4n) is 2.43. The molecule has 2 aromatic carbocycles. The van der Waals surface area contributed by atoms with Crippen molar-refractivity contribution in [3.63, 3.8) is 0 Å². The molecule has 0 aliphatic heterocycles. The molecule has 2 aromatic rings. The molecule has 0 heterocycles. The van der Waals surface area contributed by atoms with Gasteiger partial charge in [-0.1, -0.05) is 48.5 Å². The van der Waals surface area contributed by atoms with E-state index in [4.69, 9.17) is 0 Å². The van der Waals surface area contributed by atoms with E-state index in [1.807, 2.05) is 24.3 Å². The summed E-state index contributed by atoms with van der Waals surface area (Å²) in [6.07, 6.45) is 1.60. The Kier molecular flexibility index (Phi) is 2.56. The molecular formula is C16H12O2. The van der Waals surface area contributed by atoms with Gasteiger partial charge in [0.1, 0.15) is 0 Å². The van der Waals surface area contributed by atoms with Crippen molar-refractivity contribution < 1.29 is 9.59 Å². The summed E-state index contributed by atoms with van der Waals surface area (Å²) in [4.78, 5) is 24.4. The summed E-state index contributed by atoms with van der Waals surface area (Å²) in [5.41, 5.74) is 3.03. The highest BCUT2D eigenvalue weighted by Crippen LogP contribution is 2.21. The van der Waals surface area contributed by atoms with Crippen LogP contribution in [0, 0.1) is 0 Å². The largest absolute Gasteiger partial charge is 0.285 e. The van der Waals surface area contributed by atoms with E-state index >= 15 is 0 Å². The Balaban J connectivity index is 2.17. The highest BCUT2D eigenvalue weighted by Gasteiger charge is 2.24. The third-order valence-electron chi connectivity index (χ3n) is 3.39. The molecule has 2 heteroatoms. The molecule has 0 fully saturated rings. The van der Waals surface area contributed by atoms with Crippen LogP contribution in [0.25, 0.3) is 0 Å². The van der Waals surface area contributed by atoms with Crippen molar-refractivity contribution >= 4 is 11.6 Å². The van der Waals surface area contributed by atoms with Crippen molar-refractivity contribution in [1.29, 1.82) is 0 Å². The molecule has 3 rings (SSSR count). The van der Waals surface area contributed by atoms with Crippen molar-refractivity contribution in [1.82, 2.24) is 0 Å². The van der Waals surface area contributed by atoms with Crippen LogP contribution in [-0.2, 0) is 12.8 Å². The smallest absolute Gasteiger partial charge is 0.233 e. The lowest BCUT2D eigenvalue weighted by Gasteiger charge is -2.14. The third-order valence-corrected chi connectivity index (χ3v) is 3.39. The maximum absolute atomic E-state index is 12.2. The summed E-state index contributed by atoms with van der Waals surface area (Å²) in [7, 11) is 0. The second-order valence-electron chi connectivity index (χ2n) is 4.47. The molecule has 18 heavy (non-hydrogen) atoms. The predicted octanol–water partition coefficient (Wildman–Crippen LogP) is 2.85. The number of carbonyl (C=O) groups is 2. The van der Waals surface area contributed by atoms with Gasteiger partial charge in [-0.3, -0.25) is 9.59 Å². The number of Topliss-reactive ketones (excluding diaryl/α,β-unsaturated/α-hetero) is 2. The van der Waals surface area contributed by atoms with Crippen molar-refractivity contribution in [3.8, 4) is 0 Å². The second kappa shape index (κ2) is 4.22. The van der Waals surface area contributed by atoms with E-state index in [0.29, 0.717) is 11.1 Å². The van der Waals surface area contributed by atoms with Gasteiger partial charge in [0.15, 0.2) is 0 Å². The Morgan fingerprint density at radius 3 is 1.44 bits per heavy atom. The lowest BCUT2D eigenvalue weighted by Crippen LogP contribution is -2.20. The lowest BCUT2D eigenvalue weighted by molar-refractivity contribution is 0.0815. The number of aryl methyl sites for hydroxylation is 2. The fourth-order valence-corrected chi connectivity index (χ4v) is 2.43. The number of hydrogen-bond acceptors (Lipinski definition) is 2. The summed E-state index contributed by atoms with van der Waals surface area (Å²) in [6, 6.07) is 14.7. The Hall–Kier alpha value is -2.22. The first-order valence-electron chi connectivity index (χ1n) is 6.02. The molecule has 0 saturated heterocycles. The van der Waals surface area contributed by atoms with Crippen LogP contribution in [0.1, 0.15) is 31.8 Å². The average Bonchev–Trinajstić information content (AvgIpc) is 2.43. The zero-order chi connectivity index (χ0) is 12.5. The molecule has 0 atom stereocenters. The number of benzene rings is 2. The topological polar surface area (TPSA) is 34.1 Å². The highest BCUT2D eigenvalue weighted by molar-refractivity contribution is 6.49. The molecule has 1 aliphatic rings. The Labute approximate surface area is 105 Å². The van der Waals surface area contributed by atoms with Crippen LogP contribution in [-0.4, -0.2) is 11.6 Å². The van der Waals surface area contributed by atoms with E-state index in [0.717, 1.165) is 24.0 Å². The number of rotatable bonds is 0. The molecule has 0 spiro atoms. The summed E-state index contributed by atoms with van der Waals surface area (Å²) < 4.78 is 0. The highest BCUT2D eigenvalue weighted by atomic mass is 16.2. The quantitative estimate of drug-likeness (QED) is 0.659. The minimum absolute atomic E-state index is 0.391. The lowest BCUT2D eigenvalue weighted by atomic mass is 9.87. The van der Waals surface area contributed by atoms with Crippen LogP contribution in [0.2, 0.25) is 0 Å². The number of carbonyl (C=O) groups excluding carboxylic acids is 2. The molecule has 0 bridgehead atoms. The van der Waals surface area contributed by atoms with Crippen molar-refractivity contribution in [3.05, 3.63) is 70.8 Å². The molecule has 2 nitrogen and oxygen atoms in total. The van der Waals surface area contributed by atoms with Gasteiger partial charge in [-0.2, -0.15) is 0 Å². The maximum atomic E-state index is 12.2. The van der Waals surface area contributed by atoms with Gasteiger partial charge in [0.2, 0.25) is 11.6 Å². The Bertz CT molecular complexity index is 584. The van der Waals surface area contributed by atoms with Crippen LogP contribution < -0.4 is 0 Å². The molecule has 0 unspecified atom stereocenters. The normalized spacial score (nSPS) is 14.4. The fraction of sp³-hybridized carbons (Fsp3) is 0.125. The first-order chi connectivity index (χ1) is 8.77. The van der Waals surface area contributed by atoms with E-state index < -0.39 is 11.6 Å². The Morgan fingerprint density at radius 1 is 0.611 bits per heavy atom. The molecule has 0 radical (unpaired) electrons. The molecule has 0 amide bonds. The van der Waals surface area contributed by atoms with Gasteiger partial charge in [-0.25, -0.2) is 0 Å². The zero-order valence-corrected chi connectivity index (χ0v) is 9.85. The molecule has 0 saturated carbocycles. The van der Waals surface area contributed by atoms with Crippen LogP contribution in [0.4, 0.5) is 0 Å². The van der Waals surface area contributed by atoms with Gasteiger partial charge >= 0.3 is 0 Å². The van der Waals surface area contributed by atoms with Gasteiger partial charge in [0.25, 0.3) is 0 Å². The van der Waals surface area contributed by atoms with Gasteiger partial charge in [-0.05, 0) is 24.0 Å². The van der Waals surface area contributed by atoms with E-state index in [9.17, 15) is 9.59 Å². The van der Waals surface area contributed by atoms with E-state index in [1.54, 1.807) is 24.3 Å². The van der Waals surface area contributed by atoms with E-state index in [1.165, 1.54) is 0 Å². The van der Waals surface area contributed by atoms with Crippen LogP contribution >= 0.6 is 0 Å². The van der Waals surface area contributed by atoms with Crippen molar-refractivity contribution in [2.24, 2.45) is 0 Å². The summed E-state index contributed by atoms with van der Waals surface area (Å²) in [6.45, 7) is 0. The minimum atomic E-state index is -0.391. The zero-order valence-electron chi connectivity index (χ0n) is 9.85. The van der Waals surface area contributed by atoms with Gasteiger partial charge < -0.3 is 0 Å². The monoisotopic (exact) mass is 236 g/mol. The maximum Gasteiger partial charge on any atom is 0.233 e. The van der Waals surface area contributed by atoms with Crippen LogP contribution in [0.5, 0.6) is 0 Å². The number of fused-ring (bicyclic) bond motifs is 2. The second-order valence-corrected chi connectivity index (χ2v) is 4.47. The van der Waals surface area contributed by atoms with E-state index in [2.05, 4.69) is 0 Å². The van der Waals surface area contributed by atoms with Crippen LogP contribution in [0.3, 0.4) is 0 Å². The SMILES string of the molecule is O=C1C(=O)c2ccccc2CCc2ccccc21. The third kappa shape index (κ3) is 1.66. The molecule has 0 aromatic heterocycles. The predicted molar refractivity (Wildman–Crippen MR) is 69.0 cm³/mol. The summed E-state index contributed by atoms with van der Waals surface area (Å²) >= 11 is 0. The summed E-state index contributed by atoms with van der Waals surface area (Å²) in [5.74, 6) is -0.782. The Morgan fingerprint density at radius 2 is 1.00 bits per heavy atom. The molecular weight excluding hydrogens is 224 g/mol. The van der Waals surface area contributed by atoms with Crippen molar-refractivity contribution in [2.45, 2.75) is 12.8 Å². The van der Waals surface area contributed by atoms with Crippen LogP contribution in [0.15, 0.2) is 48.5 Å². The minimum Gasteiger partial charge on any atom is -0.285 e. The van der Waals surface area contributed by atoms with Gasteiger partial charge in [-0.15, -0.1) is 0 Å². The average molecular weight is 236 g/mol. The van der Waals surface area contributed by atoms with Crippen molar-refractivity contribution in [2.75, 3.05) is 0 Å². The molecule has 1 aliphatic carbocycles.